The Morgan fingerprint density at radius 2 is 1.88 bits per heavy atom. The molecule has 0 saturated heterocycles. The minimum Gasteiger partial charge on any atom is -0.264 e. The van der Waals surface area contributed by atoms with Gasteiger partial charge in [-0.2, -0.15) is 0 Å². The first kappa shape index (κ1) is 10.6. The SMILES string of the molecule is CC1=CC(c2ccccc2)C=CC1[N+](=O)[O-]. The number of benzene rings is 1. The number of rotatable bonds is 2. The van der Waals surface area contributed by atoms with Crippen LogP contribution in [0.4, 0.5) is 0 Å². The normalized spacial score (nSPS) is 23.9. The summed E-state index contributed by atoms with van der Waals surface area (Å²) in [4.78, 5) is 10.5. The van der Waals surface area contributed by atoms with Gasteiger partial charge in [0.2, 0.25) is 0 Å². The van der Waals surface area contributed by atoms with Crippen LogP contribution in [-0.2, 0) is 0 Å². The average molecular weight is 215 g/mol. The van der Waals surface area contributed by atoms with E-state index in [4.69, 9.17) is 0 Å². The fourth-order valence-electron chi connectivity index (χ4n) is 1.93. The molecule has 2 rings (SSSR count). The molecule has 0 aromatic heterocycles. The predicted octanol–water partition coefficient (Wildman–Crippen LogP) is 2.93. The summed E-state index contributed by atoms with van der Waals surface area (Å²) in [7, 11) is 0. The summed E-state index contributed by atoms with van der Waals surface area (Å²) in [6.45, 7) is 1.81. The van der Waals surface area contributed by atoms with Crippen molar-refractivity contribution >= 4 is 0 Å². The Morgan fingerprint density at radius 3 is 2.44 bits per heavy atom. The van der Waals surface area contributed by atoms with Gasteiger partial charge in [0.15, 0.2) is 0 Å². The molecule has 0 aliphatic heterocycles. The van der Waals surface area contributed by atoms with E-state index in [-0.39, 0.29) is 10.8 Å². The summed E-state index contributed by atoms with van der Waals surface area (Å²) < 4.78 is 0. The van der Waals surface area contributed by atoms with Crippen LogP contribution in [-0.4, -0.2) is 11.0 Å². The summed E-state index contributed by atoms with van der Waals surface area (Å²) in [5, 5.41) is 10.7. The van der Waals surface area contributed by atoms with E-state index in [1.165, 1.54) is 5.56 Å². The molecule has 0 bridgehead atoms. The first-order valence-electron chi connectivity index (χ1n) is 5.23. The molecule has 2 atom stereocenters. The van der Waals surface area contributed by atoms with Crippen molar-refractivity contribution in [3.8, 4) is 0 Å². The van der Waals surface area contributed by atoms with Crippen molar-refractivity contribution in [2.75, 3.05) is 0 Å². The minimum atomic E-state index is -0.653. The highest BCUT2D eigenvalue weighted by molar-refractivity contribution is 5.35. The molecule has 0 fully saturated rings. The maximum atomic E-state index is 10.7. The molecule has 2 unspecified atom stereocenters. The Balaban J connectivity index is 2.24. The van der Waals surface area contributed by atoms with Gasteiger partial charge >= 0.3 is 0 Å². The molecular weight excluding hydrogens is 202 g/mol. The van der Waals surface area contributed by atoms with E-state index in [9.17, 15) is 10.1 Å². The Bertz CT molecular complexity index is 448. The summed E-state index contributed by atoms with van der Waals surface area (Å²) >= 11 is 0. The smallest absolute Gasteiger partial charge is 0.252 e. The molecule has 1 aromatic carbocycles. The summed E-state index contributed by atoms with van der Waals surface area (Å²) in [5.41, 5.74) is 1.97. The predicted molar refractivity (Wildman–Crippen MR) is 62.9 cm³/mol. The molecule has 1 aliphatic carbocycles. The van der Waals surface area contributed by atoms with Crippen LogP contribution >= 0.6 is 0 Å². The second-order valence-corrected chi connectivity index (χ2v) is 3.96. The Labute approximate surface area is 94.3 Å². The van der Waals surface area contributed by atoms with Gasteiger partial charge < -0.3 is 0 Å². The van der Waals surface area contributed by atoms with Crippen molar-refractivity contribution in [3.05, 3.63) is 69.8 Å². The van der Waals surface area contributed by atoms with Gasteiger partial charge in [0.25, 0.3) is 6.04 Å². The molecule has 1 aliphatic rings. The fraction of sp³-hybridized carbons (Fsp3) is 0.231. The summed E-state index contributed by atoms with van der Waals surface area (Å²) in [5.74, 6) is 0.164. The number of nitro groups is 1. The molecular formula is C13H13NO2. The van der Waals surface area contributed by atoms with Crippen molar-refractivity contribution in [2.24, 2.45) is 0 Å². The largest absolute Gasteiger partial charge is 0.264 e. The molecule has 16 heavy (non-hydrogen) atoms. The lowest BCUT2D eigenvalue weighted by atomic mass is 9.89. The third kappa shape index (κ3) is 2.03. The molecule has 0 spiro atoms. The molecule has 0 saturated carbocycles. The zero-order valence-electron chi connectivity index (χ0n) is 9.04. The number of hydrogen-bond donors (Lipinski definition) is 0. The highest BCUT2D eigenvalue weighted by atomic mass is 16.6. The summed E-state index contributed by atoms with van der Waals surface area (Å²) in [6.07, 6.45) is 5.53. The molecule has 0 heterocycles. The number of nitrogens with zero attached hydrogens (tertiary/aromatic N) is 1. The van der Waals surface area contributed by atoms with E-state index in [0.717, 1.165) is 5.57 Å². The van der Waals surface area contributed by atoms with Crippen LogP contribution < -0.4 is 0 Å². The van der Waals surface area contributed by atoms with E-state index < -0.39 is 6.04 Å². The van der Waals surface area contributed by atoms with Crippen LogP contribution in [0.15, 0.2) is 54.1 Å². The molecule has 0 radical (unpaired) electrons. The van der Waals surface area contributed by atoms with E-state index in [0.29, 0.717) is 0 Å². The van der Waals surface area contributed by atoms with Crippen LogP contribution in [0.5, 0.6) is 0 Å². The van der Waals surface area contributed by atoms with E-state index in [1.54, 1.807) is 6.08 Å². The Kier molecular flexibility index (Phi) is 2.86. The minimum absolute atomic E-state index is 0.164. The molecule has 82 valence electrons. The second kappa shape index (κ2) is 4.31. The topological polar surface area (TPSA) is 43.1 Å². The van der Waals surface area contributed by atoms with E-state index in [1.807, 2.05) is 49.4 Å². The Morgan fingerprint density at radius 1 is 1.19 bits per heavy atom. The molecule has 3 heteroatoms. The fourth-order valence-corrected chi connectivity index (χ4v) is 1.93. The quantitative estimate of drug-likeness (QED) is 0.432. The zero-order valence-corrected chi connectivity index (χ0v) is 9.04. The van der Waals surface area contributed by atoms with Crippen molar-refractivity contribution in [3.63, 3.8) is 0 Å². The van der Waals surface area contributed by atoms with Gasteiger partial charge in [-0.3, -0.25) is 10.1 Å². The lowest BCUT2D eigenvalue weighted by Crippen LogP contribution is -2.21. The Hall–Kier alpha value is -1.90. The molecule has 3 nitrogen and oxygen atoms in total. The number of allylic oxidation sites excluding steroid dienone is 2. The third-order valence-corrected chi connectivity index (χ3v) is 2.82. The first-order chi connectivity index (χ1) is 7.68. The second-order valence-electron chi connectivity index (χ2n) is 3.96. The van der Waals surface area contributed by atoms with Crippen LogP contribution in [0.3, 0.4) is 0 Å². The van der Waals surface area contributed by atoms with Crippen LogP contribution in [0, 0.1) is 10.1 Å². The van der Waals surface area contributed by atoms with Crippen LogP contribution in [0.1, 0.15) is 18.4 Å². The standard InChI is InChI=1S/C13H13NO2/c1-10-9-12(7-8-13(10)14(15)16)11-5-3-2-4-6-11/h2-9,12-13H,1H3. The summed E-state index contributed by atoms with van der Waals surface area (Å²) in [6, 6.07) is 9.33. The van der Waals surface area contributed by atoms with Gasteiger partial charge in [-0.1, -0.05) is 42.5 Å². The van der Waals surface area contributed by atoms with Crippen molar-refractivity contribution in [2.45, 2.75) is 18.9 Å². The average Bonchev–Trinajstić information content (AvgIpc) is 2.29. The van der Waals surface area contributed by atoms with E-state index >= 15 is 0 Å². The van der Waals surface area contributed by atoms with Crippen LogP contribution in [0.25, 0.3) is 0 Å². The lowest BCUT2D eigenvalue weighted by Gasteiger charge is -2.16. The maximum Gasteiger partial charge on any atom is 0.252 e. The highest BCUT2D eigenvalue weighted by Gasteiger charge is 2.23. The lowest BCUT2D eigenvalue weighted by molar-refractivity contribution is -0.499. The number of hydrogen-bond acceptors (Lipinski definition) is 2. The molecule has 0 amide bonds. The van der Waals surface area contributed by atoms with Gasteiger partial charge in [-0.05, 0) is 18.6 Å². The molecule has 1 aromatic rings. The maximum absolute atomic E-state index is 10.7. The highest BCUT2D eigenvalue weighted by Crippen LogP contribution is 2.26. The van der Waals surface area contributed by atoms with Crippen molar-refractivity contribution < 1.29 is 4.92 Å². The zero-order chi connectivity index (χ0) is 11.5. The van der Waals surface area contributed by atoms with Gasteiger partial charge in [0.1, 0.15) is 0 Å². The first-order valence-corrected chi connectivity index (χ1v) is 5.23. The van der Waals surface area contributed by atoms with Gasteiger partial charge in [0.05, 0.1) is 0 Å². The monoisotopic (exact) mass is 215 g/mol. The third-order valence-electron chi connectivity index (χ3n) is 2.82. The van der Waals surface area contributed by atoms with Gasteiger partial charge in [-0.25, -0.2) is 0 Å². The van der Waals surface area contributed by atoms with Crippen molar-refractivity contribution in [1.82, 2.24) is 0 Å². The van der Waals surface area contributed by atoms with Crippen molar-refractivity contribution in [1.29, 1.82) is 0 Å². The van der Waals surface area contributed by atoms with Gasteiger partial charge in [-0.15, -0.1) is 0 Å². The van der Waals surface area contributed by atoms with Gasteiger partial charge in [0, 0.05) is 16.4 Å². The van der Waals surface area contributed by atoms with Crippen LogP contribution in [0.2, 0.25) is 0 Å². The molecule has 0 N–H and O–H groups in total. The van der Waals surface area contributed by atoms with E-state index in [2.05, 4.69) is 0 Å².